The Morgan fingerprint density at radius 2 is 2.37 bits per heavy atom. The highest BCUT2D eigenvalue weighted by Crippen LogP contribution is 2.17. The number of aromatic carboxylic acids is 1. The van der Waals surface area contributed by atoms with Crippen molar-refractivity contribution >= 4 is 23.2 Å². The van der Waals surface area contributed by atoms with E-state index in [1.54, 1.807) is 11.9 Å². The molecule has 0 bridgehead atoms. The van der Waals surface area contributed by atoms with Crippen LogP contribution < -0.4 is 0 Å². The maximum absolute atomic E-state index is 12.1. The Bertz CT molecular complexity index is 488. The van der Waals surface area contributed by atoms with Gasteiger partial charge in [-0.1, -0.05) is 0 Å². The maximum Gasteiger partial charge on any atom is 0.355 e. The number of carbonyl (C=O) groups excluding carboxylic acids is 1. The van der Waals surface area contributed by atoms with E-state index in [4.69, 9.17) is 5.11 Å². The average molecular weight is 283 g/mol. The molecule has 1 amide bonds. The van der Waals surface area contributed by atoms with Crippen LogP contribution in [0.3, 0.4) is 0 Å². The number of rotatable bonds is 4. The van der Waals surface area contributed by atoms with Crippen LogP contribution in [0.5, 0.6) is 0 Å². The van der Waals surface area contributed by atoms with Crippen molar-refractivity contribution in [3.8, 4) is 0 Å². The Balaban J connectivity index is 1.99. The van der Waals surface area contributed by atoms with Crippen molar-refractivity contribution < 1.29 is 14.7 Å². The predicted octanol–water partition coefficient (Wildman–Crippen LogP) is 1.01. The molecule has 1 aliphatic rings. The van der Waals surface area contributed by atoms with Crippen molar-refractivity contribution in [3.05, 3.63) is 16.1 Å². The number of likely N-dealkylation sites (tertiary alicyclic amines) is 1. The molecular formula is C12H17N3O3S. The standard InChI is InChI=1S/C12H17N3O3S/c1-14-5-3-4-8(14)6-15(2)11(16)10-13-9(7-19-10)12(17)18/h7-8H,3-6H2,1-2H3,(H,17,18). The van der Waals surface area contributed by atoms with E-state index in [2.05, 4.69) is 16.9 Å². The first-order valence-corrected chi connectivity index (χ1v) is 7.01. The summed E-state index contributed by atoms with van der Waals surface area (Å²) in [7, 11) is 3.79. The third kappa shape index (κ3) is 3.10. The third-order valence-electron chi connectivity index (χ3n) is 3.41. The zero-order valence-electron chi connectivity index (χ0n) is 11.0. The number of nitrogens with zero attached hydrogens (tertiary/aromatic N) is 3. The molecule has 1 unspecified atom stereocenters. The molecule has 0 saturated carbocycles. The van der Waals surface area contributed by atoms with E-state index in [1.807, 2.05) is 0 Å². The second kappa shape index (κ2) is 5.66. The number of hydrogen-bond acceptors (Lipinski definition) is 5. The lowest BCUT2D eigenvalue weighted by atomic mass is 10.2. The zero-order valence-corrected chi connectivity index (χ0v) is 11.8. The van der Waals surface area contributed by atoms with Crippen LogP contribution in [0.1, 0.15) is 33.1 Å². The van der Waals surface area contributed by atoms with Gasteiger partial charge in [0.2, 0.25) is 0 Å². The van der Waals surface area contributed by atoms with Crippen LogP contribution >= 0.6 is 11.3 Å². The molecule has 1 aromatic heterocycles. The topological polar surface area (TPSA) is 73.7 Å². The summed E-state index contributed by atoms with van der Waals surface area (Å²) in [5, 5.41) is 10.4. The van der Waals surface area contributed by atoms with Gasteiger partial charge in [-0.05, 0) is 26.4 Å². The molecule has 2 rings (SSSR count). The highest BCUT2D eigenvalue weighted by Gasteiger charge is 2.25. The number of carboxylic acid groups (broad SMARTS) is 1. The molecule has 0 spiro atoms. The van der Waals surface area contributed by atoms with E-state index in [1.165, 1.54) is 5.38 Å². The lowest BCUT2D eigenvalue weighted by molar-refractivity contribution is 0.0691. The highest BCUT2D eigenvalue weighted by atomic mass is 32.1. The van der Waals surface area contributed by atoms with Crippen LogP contribution in [0.15, 0.2) is 5.38 Å². The lowest BCUT2D eigenvalue weighted by Crippen LogP contribution is -2.39. The number of thiazole rings is 1. The molecule has 0 aromatic carbocycles. The van der Waals surface area contributed by atoms with Crippen molar-refractivity contribution in [1.29, 1.82) is 0 Å². The molecule has 1 N–H and O–H groups in total. The van der Waals surface area contributed by atoms with E-state index in [0.717, 1.165) is 30.7 Å². The Labute approximate surface area is 115 Å². The van der Waals surface area contributed by atoms with Gasteiger partial charge in [0.25, 0.3) is 5.91 Å². The molecule has 1 aromatic rings. The third-order valence-corrected chi connectivity index (χ3v) is 4.24. The van der Waals surface area contributed by atoms with Crippen molar-refractivity contribution in [3.63, 3.8) is 0 Å². The zero-order chi connectivity index (χ0) is 14.0. The number of carboxylic acids is 1. The molecule has 0 radical (unpaired) electrons. The monoisotopic (exact) mass is 283 g/mol. The number of amides is 1. The summed E-state index contributed by atoms with van der Waals surface area (Å²) in [4.78, 5) is 30.6. The van der Waals surface area contributed by atoms with Gasteiger partial charge in [-0.15, -0.1) is 11.3 Å². The van der Waals surface area contributed by atoms with E-state index in [0.29, 0.717) is 12.6 Å². The van der Waals surface area contributed by atoms with Crippen LogP contribution in [0.25, 0.3) is 0 Å². The van der Waals surface area contributed by atoms with Gasteiger partial charge >= 0.3 is 5.97 Å². The quantitative estimate of drug-likeness (QED) is 0.892. The van der Waals surface area contributed by atoms with E-state index in [-0.39, 0.29) is 16.6 Å². The van der Waals surface area contributed by atoms with Crippen LogP contribution in [0, 0.1) is 0 Å². The first kappa shape index (κ1) is 14.0. The normalized spacial score (nSPS) is 19.6. The molecule has 1 atom stereocenters. The van der Waals surface area contributed by atoms with Gasteiger partial charge in [-0.2, -0.15) is 0 Å². The van der Waals surface area contributed by atoms with Gasteiger partial charge in [0.1, 0.15) is 0 Å². The SMILES string of the molecule is CN(CC1CCCN1C)C(=O)c1nc(C(=O)O)cs1. The number of hydrogen-bond donors (Lipinski definition) is 1. The summed E-state index contributed by atoms with van der Waals surface area (Å²) in [6.45, 7) is 1.71. The van der Waals surface area contributed by atoms with Crippen LogP contribution in [-0.2, 0) is 0 Å². The fraction of sp³-hybridized carbons (Fsp3) is 0.583. The molecule has 104 valence electrons. The van der Waals surface area contributed by atoms with Gasteiger partial charge in [0, 0.05) is 25.0 Å². The first-order valence-electron chi connectivity index (χ1n) is 6.13. The predicted molar refractivity (Wildman–Crippen MR) is 71.7 cm³/mol. The first-order chi connectivity index (χ1) is 8.99. The fourth-order valence-electron chi connectivity index (χ4n) is 2.24. The summed E-state index contributed by atoms with van der Waals surface area (Å²) in [6, 6.07) is 0.382. The van der Waals surface area contributed by atoms with Crippen molar-refractivity contribution in [2.24, 2.45) is 0 Å². The van der Waals surface area contributed by atoms with E-state index >= 15 is 0 Å². The summed E-state index contributed by atoms with van der Waals surface area (Å²) in [5.74, 6) is -1.31. The lowest BCUT2D eigenvalue weighted by Gasteiger charge is -2.25. The van der Waals surface area contributed by atoms with Crippen LogP contribution in [0.4, 0.5) is 0 Å². The van der Waals surface area contributed by atoms with Crippen molar-refractivity contribution in [2.75, 3.05) is 27.2 Å². The average Bonchev–Trinajstić information content (AvgIpc) is 2.98. The molecule has 7 heteroatoms. The van der Waals surface area contributed by atoms with Crippen molar-refractivity contribution in [1.82, 2.24) is 14.8 Å². The van der Waals surface area contributed by atoms with Crippen molar-refractivity contribution in [2.45, 2.75) is 18.9 Å². The molecule has 0 aliphatic carbocycles. The maximum atomic E-state index is 12.1. The Kier molecular flexibility index (Phi) is 4.16. The van der Waals surface area contributed by atoms with Gasteiger partial charge in [0.15, 0.2) is 10.7 Å². The number of aromatic nitrogens is 1. The van der Waals surface area contributed by atoms with E-state index in [9.17, 15) is 9.59 Å². The Morgan fingerprint density at radius 3 is 2.89 bits per heavy atom. The minimum Gasteiger partial charge on any atom is -0.476 e. The molecular weight excluding hydrogens is 266 g/mol. The molecule has 1 saturated heterocycles. The van der Waals surface area contributed by atoms with Gasteiger partial charge < -0.3 is 14.9 Å². The number of likely N-dealkylation sites (N-methyl/N-ethyl adjacent to an activating group) is 2. The van der Waals surface area contributed by atoms with Gasteiger partial charge in [0.05, 0.1) is 0 Å². The second-order valence-corrected chi connectivity index (χ2v) is 5.66. The number of carbonyl (C=O) groups is 2. The summed E-state index contributed by atoms with van der Waals surface area (Å²) >= 11 is 1.08. The molecule has 19 heavy (non-hydrogen) atoms. The minimum atomic E-state index is -1.10. The highest BCUT2D eigenvalue weighted by molar-refractivity contribution is 7.11. The van der Waals surface area contributed by atoms with Crippen LogP contribution in [0.2, 0.25) is 0 Å². The van der Waals surface area contributed by atoms with Gasteiger partial charge in [-0.3, -0.25) is 4.79 Å². The Morgan fingerprint density at radius 1 is 1.63 bits per heavy atom. The summed E-state index contributed by atoms with van der Waals surface area (Å²) in [5.41, 5.74) is -0.0697. The smallest absolute Gasteiger partial charge is 0.355 e. The largest absolute Gasteiger partial charge is 0.476 e. The minimum absolute atomic E-state index is 0.0697. The molecule has 2 heterocycles. The van der Waals surface area contributed by atoms with E-state index < -0.39 is 5.97 Å². The fourth-order valence-corrected chi connectivity index (χ4v) is 3.03. The molecule has 6 nitrogen and oxygen atoms in total. The second-order valence-electron chi connectivity index (χ2n) is 4.81. The Hall–Kier alpha value is -1.47. The summed E-state index contributed by atoms with van der Waals surface area (Å²) in [6.07, 6.45) is 2.25. The summed E-state index contributed by atoms with van der Waals surface area (Å²) < 4.78 is 0. The van der Waals surface area contributed by atoms with Crippen LogP contribution in [-0.4, -0.2) is 65.0 Å². The van der Waals surface area contributed by atoms with Gasteiger partial charge in [-0.25, -0.2) is 9.78 Å². The molecule has 1 aliphatic heterocycles. The molecule has 1 fully saturated rings.